The molecule has 2 unspecified atom stereocenters. The summed E-state index contributed by atoms with van der Waals surface area (Å²) < 4.78 is 0. The SMILES string of the molecule is CCCC(CCN)CCC(=O)NCC1CCC(=O)N1. The maximum atomic E-state index is 11.7. The summed E-state index contributed by atoms with van der Waals surface area (Å²) in [7, 11) is 0. The average Bonchev–Trinajstić information content (AvgIpc) is 2.80. The summed E-state index contributed by atoms with van der Waals surface area (Å²) in [5, 5.41) is 5.74. The molecule has 2 amide bonds. The van der Waals surface area contributed by atoms with Crippen molar-refractivity contribution in [3.8, 4) is 0 Å². The van der Waals surface area contributed by atoms with E-state index in [-0.39, 0.29) is 17.9 Å². The predicted octanol–water partition coefficient (Wildman–Crippen LogP) is 0.927. The normalized spacial score (nSPS) is 20.1. The Kier molecular flexibility index (Phi) is 7.48. The average molecular weight is 269 g/mol. The molecule has 0 saturated carbocycles. The summed E-state index contributed by atoms with van der Waals surface area (Å²) in [6.45, 7) is 3.41. The van der Waals surface area contributed by atoms with Crippen molar-refractivity contribution in [3.05, 3.63) is 0 Å². The number of hydrogen-bond acceptors (Lipinski definition) is 3. The Labute approximate surface area is 115 Å². The zero-order chi connectivity index (χ0) is 14.1. The third kappa shape index (κ3) is 6.57. The first kappa shape index (κ1) is 16.0. The Hall–Kier alpha value is -1.10. The first-order valence-electron chi connectivity index (χ1n) is 7.41. The van der Waals surface area contributed by atoms with Gasteiger partial charge in [-0.2, -0.15) is 0 Å². The van der Waals surface area contributed by atoms with E-state index in [1.807, 2.05) is 0 Å². The minimum absolute atomic E-state index is 0.0827. The van der Waals surface area contributed by atoms with Crippen LogP contribution in [0.3, 0.4) is 0 Å². The minimum Gasteiger partial charge on any atom is -0.354 e. The monoisotopic (exact) mass is 269 g/mol. The van der Waals surface area contributed by atoms with Crippen LogP contribution in [0.2, 0.25) is 0 Å². The van der Waals surface area contributed by atoms with Gasteiger partial charge >= 0.3 is 0 Å². The summed E-state index contributed by atoms with van der Waals surface area (Å²) in [4.78, 5) is 22.8. The Bertz CT molecular complexity index is 288. The Morgan fingerprint density at radius 3 is 2.84 bits per heavy atom. The number of amides is 2. The summed E-state index contributed by atoms with van der Waals surface area (Å²) in [6, 6.07) is 0.118. The molecule has 1 rings (SSSR count). The van der Waals surface area contributed by atoms with E-state index in [9.17, 15) is 9.59 Å². The van der Waals surface area contributed by atoms with Crippen molar-refractivity contribution in [2.45, 2.75) is 57.9 Å². The Balaban J connectivity index is 2.14. The molecule has 0 spiro atoms. The van der Waals surface area contributed by atoms with Crippen molar-refractivity contribution in [2.24, 2.45) is 11.7 Å². The molecule has 5 heteroatoms. The lowest BCUT2D eigenvalue weighted by molar-refractivity contribution is -0.122. The van der Waals surface area contributed by atoms with E-state index >= 15 is 0 Å². The zero-order valence-electron chi connectivity index (χ0n) is 11.9. The Morgan fingerprint density at radius 1 is 1.47 bits per heavy atom. The van der Waals surface area contributed by atoms with Crippen molar-refractivity contribution in [2.75, 3.05) is 13.1 Å². The van der Waals surface area contributed by atoms with Gasteiger partial charge in [0.2, 0.25) is 11.8 Å². The fourth-order valence-corrected chi connectivity index (χ4v) is 2.57. The molecule has 2 atom stereocenters. The number of hydrogen-bond donors (Lipinski definition) is 3. The van der Waals surface area contributed by atoms with Crippen LogP contribution in [0.25, 0.3) is 0 Å². The van der Waals surface area contributed by atoms with Crippen LogP contribution in [0.5, 0.6) is 0 Å². The highest BCUT2D eigenvalue weighted by molar-refractivity contribution is 5.79. The molecule has 110 valence electrons. The summed E-state index contributed by atoms with van der Waals surface area (Å²) >= 11 is 0. The number of carbonyl (C=O) groups is 2. The van der Waals surface area contributed by atoms with Gasteiger partial charge in [-0.3, -0.25) is 9.59 Å². The number of carbonyl (C=O) groups excluding carboxylic acids is 2. The molecular formula is C14H27N3O2. The molecule has 1 heterocycles. The standard InChI is InChI=1S/C14H27N3O2/c1-2-3-11(8-9-15)4-6-13(18)16-10-12-5-7-14(19)17-12/h11-12H,2-10,15H2,1H3,(H,16,18)(H,17,19). The fourth-order valence-electron chi connectivity index (χ4n) is 2.57. The first-order chi connectivity index (χ1) is 9.15. The second-order valence-electron chi connectivity index (χ2n) is 5.38. The third-order valence-electron chi connectivity index (χ3n) is 3.68. The second kappa shape index (κ2) is 8.91. The zero-order valence-corrected chi connectivity index (χ0v) is 11.9. The molecule has 0 aromatic heterocycles. The van der Waals surface area contributed by atoms with E-state index in [2.05, 4.69) is 17.6 Å². The predicted molar refractivity (Wildman–Crippen MR) is 75.5 cm³/mol. The molecule has 0 radical (unpaired) electrons. The van der Waals surface area contributed by atoms with Gasteiger partial charge < -0.3 is 16.4 Å². The molecular weight excluding hydrogens is 242 g/mol. The lowest BCUT2D eigenvalue weighted by atomic mass is 9.94. The molecule has 1 fully saturated rings. The molecule has 0 aromatic carbocycles. The molecule has 0 bridgehead atoms. The van der Waals surface area contributed by atoms with Gasteiger partial charge in [-0.1, -0.05) is 19.8 Å². The third-order valence-corrected chi connectivity index (χ3v) is 3.68. The highest BCUT2D eigenvalue weighted by atomic mass is 16.2. The van der Waals surface area contributed by atoms with E-state index in [1.165, 1.54) is 0 Å². The molecule has 19 heavy (non-hydrogen) atoms. The topological polar surface area (TPSA) is 84.2 Å². The van der Waals surface area contributed by atoms with Crippen LogP contribution in [0.15, 0.2) is 0 Å². The van der Waals surface area contributed by atoms with Crippen molar-refractivity contribution < 1.29 is 9.59 Å². The van der Waals surface area contributed by atoms with Crippen LogP contribution < -0.4 is 16.4 Å². The Morgan fingerprint density at radius 2 is 2.26 bits per heavy atom. The highest BCUT2D eigenvalue weighted by Gasteiger charge is 2.20. The fraction of sp³-hybridized carbons (Fsp3) is 0.857. The summed E-state index contributed by atoms with van der Waals surface area (Å²) in [6.07, 6.45) is 6.16. The maximum Gasteiger partial charge on any atom is 0.220 e. The molecule has 1 aliphatic heterocycles. The van der Waals surface area contributed by atoms with E-state index in [0.29, 0.717) is 31.8 Å². The van der Waals surface area contributed by atoms with E-state index in [0.717, 1.165) is 32.1 Å². The first-order valence-corrected chi connectivity index (χ1v) is 7.41. The number of nitrogens with two attached hydrogens (primary N) is 1. The lowest BCUT2D eigenvalue weighted by Crippen LogP contribution is -2.38. The number of rotatable bonds is 9. The van der Waals surface area contributed by atoms with Crippen molar-refractivity contribution in [1.82, 2.24) is 10.6 Å². The van der Waals surface area contributed by atoms with Crippen molar-refractivity contribution >= 4 is 11.8 Å². The van der Waals surface area contributed by atoms with Crippen molar-refractivity contribution in [1.29, 1.82) is 0 Å². The maximum absolute atomic E-state index is 11.7. The van der Waals surface area contributed by atoms with E-state index < -0.39 is 0 Å². The van der Waals surface area contributed by atoms with Gasteiger partial charge in [0.15, 0.2) is 0 Å². The lowest BCUT2D eigenvalue weighted by Gasteiger charge is -2.15. The largest absolute Gasteiger partial charge is 0.354 e. The number of nitrogens with one attached hydrogen (secondary N) is 2. The van der Waals surface area contributed by atoms with Crippen LogP contribution in [-0.2, 0) is 9.59 Å². The van der Waals surface area contributed by atoms with Crippen LogP contribution >= 0.6 is 0 Å². The quantitative estimate of drug-likeness (QED) is 0.582. The van der Waals surface area contributed by atoms with Crippen LogP contribution in [0.4, 0.5) is 0 Å². The van der Waals surface area contributed by atoms with Gasteiger partial charge in [0, 0.05) is 25.4 Å². The molecule has 0 aromatic rings. The van der Waals surface area contributed by atoms with Crippen LogP contribution in [0.1, 0.15) is 51.9 Å². The van der Waals surface area contributed by atoms with E-state index in [4.69, 9.17) is 5.73 Å². The van der Waals surface area contributed by atoms with Gasteiger partial charge in [0.05, 0.1) is 0 Å². The molecule has 4 N–H and O–H groups in total. The van der Waals surface area contributed by atoms with Gasteiger partial charge in [0.25, 0.3) is 0 Å². The van der Waals surface area contributed by atoms with Crippen molar-refractivity contribution in [3.63, 3.8) is 0 Å². The molecule has 0 aliphatic carbocycles. The summed E-state index contributed by atoms with van der Waals surface area (Å²) in [5.74, 6) is 0.733. The van der Waals surface area contributed by atoms with E-state index in [1.54, 1.807) is 0 Å². The summed E-state index contributed by atoms with van der Waals surface area (Å²) in [5.41, 5.74) is 5.58. The van der Waals surface area contributed by atoms with Gasteiger partial charge in [-0.25, -0.2) is 0 Å². The van der Waals surface area contributed by atoms with Gasteiger partial charge in [0.1, 0.15) is 0 Å². The minimum atomic E-state index is 0.0827. The molecule has 5 nitrogen and oxygen atoms in total. The van der Waals surface area contributed by atoms with Gasteiger partial charge in [-0.05, 0) is 31.7 Å². The second-order valence-corrected chi connectivity index (χ2v) is 5.38. The smallest absolute Gasteiger partial charge is 0.220 e. The molecule has 1 aliphatic rings. The molecule has 1 saturated heterocycles. The van der Waals surface area contributed by atoms with Crippen LogP contribution in [0, 0.1) is 5.92 Å². The van der Waals surface area contributed by atoms with Gasteiger partial charge in [-0.15, -0.1) is 0 Å². The highest BCUT2D eigenvalue weighted by Crippen LogP contribution is 2.16. The van der Waals surface area contributed by atoms with Crippen LogP contribution in [-0.4, -0.2) is 30.9 Å².